The maximum atomic E-state index is 12.2. The molecule has 0 unspecified atom stereocenters. The van der Waals surface area contributed by atoms with Gasteiger partial charge < -0.3 is 14.4 Å². The Kier molecular flexibility index (Phi) is 5.42. The van der Waals surface area contributed by atoms with Crippen molar-refractivity contribution in [1.29, 1.82) is 0 Å². The van der Waals surface area contributed by atoms with Crippen molar-refractivity contribution in [2.75, 3.05) is 25.7 Å². The predicted molar refractivity (Wildman–Crippen MR) is 105 cm³/mol. The minimum Gasteiger partial charge on any atom is -0.493 e. The van der Waals surface area contributed by atoms with Crippen molar-refractivity contribution in [1.82, 2.24) is 0 Å². The van der Waals surface area contributed by atoms with Gasteiger partial charge in [-0.1, -0.05) is 36.4 Å². The zero-order chi connectivity index (χ0) is 18.5. The van der Waals surface area contributed by atoms with Crippen molar-refractivity contribution < 1.29 is 14.3 Å². The third kappa shape index (κ3) is 3.80. The molecule has 0 spiro atoms. The summed E-state index contributed by atoms with van der Waals surface area (Å²) in [7, 11) is 3.24. The van der Waals surface area contributed by atoms with Crippen LogP contribution in [-0.2, 0) is 11.2 Å². The number of hydrogen-bond acceptors (Lipinski definition) is 3. The Bertz CT molecular complexity index is 920. The molecule has 0 N–H and O–H groups in total. The third-order valence-corrected chi connectivity index (χ3v) is 4.50. The van der Waals surface area contributed by atoms with Gasteiger partial charge in [0.2, 0.25) is 5.91 Å². The molecule has 3 aromatic carbocycles. The van der Waals surface area contributed by atoms with Crippen LogP contribution < -0.4 is 14.4 Å². The molecule has 0 aliphatic rings. The fourth-order valence-electron chi connectivity index (χ4n) is 3.09. The Morgan fingerprint density at radius 2 is 1.62 bits per heavy atom. The lowest BCUT2D eigenvalue weighted by Crippen LogP contribution is -2.30. The average Bonchev–Trinajstić information content (AvgIpc) is 2.67. The first-order chi connectivity index (χ1) is 12.6. The van der Waals surface area contributed by atoms with E-state index in [9.17, 15) is 4.79 Å². The zero-order valence-electron chi connectivity index (χ0n) is 15.4. The summed E-state index contributed by atoms with van der Waals surface area (Å²) >= 11 is 0. The molecule has 0 bridgehead atoms. The molecule has 134 valence electrons. The van der Waals surface area contributed by atoms with Crippen LogP contribution in [0.2, 0.25) is 0 Å². The molecule has 4 nitrogen and oxygen atoms in total. The number of carbonyl (C=O) groups is 1. The fraction of sp³-hybridized carbons (Fsp3) is 0.227. The van der Waals surface area contributed by atoms with Crippen LogP contribution in [-0.4, -0.2) is 26.7 Å². The van der Waals surface area contributed by atoms with E-state index in [2.05, 4.69) is 24.3 Å². The molecule has 0 radical (unpaired) electrons. The topological polar surface area (TPSA) is 38.8 Å². The van der Waals surface area contributed by atoms with Gasteiger partial charge in [-0.15, -0.1) is 0 Å². The Morgan fingerprint density at radius 3 is 2.31 bits per heavy atom. The van der Waals surface area contributed by atoms with Gasteiger partial charge in [0.1, 0.15) is 0 Å². The summed E-state index contributed by atoms with van der Waals surface area (Å²) < 4.78 is 10.6. The molecule has 0 atom stereocenters. The van der Waals surface area contributed by atoms with E-state index in [1.54, 1.807) is 21.1 Å². The molecule has 0 heterocycles. The molecule has 3 aromatic rings. The summed E-state index contributed by atoms with van der Waals surface area (Å²) in [5, 5.41) is 2.29. The largest absolute Gasteiger partial charge is 0.493 e. The first-order valence-corrected chi connectivity index (χ1v) is 8.60. The smallest absolute Gasteiger partial charge is 0.223 e. The summed E-state index contributed by atoms with van der Waals surface area (Å²) in [5.74, 6) is 1.43. The summed E-state index contributed by atoms with van der Waals surface area (Å²) in [6.45, 7) is 2.20. The lowest BCUT2D eigenvalue weighted by Gasteiger charge is -2.22. The number of rotatable bonds is 6. The van der Waals surface area contributed by atoms with E-state index in [-0.39, 0.29) is 5.91 Å². The monoisotopic (exact) mass is 349 g/mol. The van der Waals surface area contributed by atoms with Gasteiger partial charge in [0.25, 0.3) is 0 Å². The highest BCUT2D eigenvalue weighted by molar-refractivity contribution is 5.95. The molecule has 0 aliphatic carbocycles. The van der Waals surface area contributed by atoms with Gasteiger partial charge in [-0.2, -0.15) is 0 Å². The zero-order valence-corrected chi connectivity index (χ0v) is 15.4. The van der Waals surface area contributed by atoms with Crippen molar-refractivity contribution in [3.05, 3.63) is 66.2 Å². The van der Waals surface area contributed by atoms with Crippen molar-refractivity contribution in [2.45, 2.75) is 13.3 Å². The molecule has 1 amide bonds. The van der Waals surface area contributed by atoms with Crippen molar-refractivity contribution in [2.24, 2.45) is 0 Å². The lowest BCUT2D eigenvalue weighted by molar-refractivity contribution is -0.116. The second-order valence-electron chi connectivity index (χ2n) is 6.14. The number of amides is 1. The molecule has 0 aliphatic heterocycles. The summed E-state index contributed by atoms with van der Waals surface area (Å²) in [4.78, 5) is 14.0. The minimum atomic E-state index is 0.0285. The van der Waals surface area contributed by atoms with Crippen LogP contribution in [0.4, 0.5) is 5.69 Å². The van der Waals surface area contributed by atoms with Crippen LogP contribution in [0.3, 0.4) is 0 Å². The van der Waals surface area contributed by atoms with Crippen LogP contribution in [0.25, 0.3) is 10.8 Å². The number of nitrogens with zero attached hydrogens (tertiary/aromatic N) is 1. The first kappa shape index (κ1) is 17.8. The number of methoxy groups -OCH3 is 2. The number of carbonyl (C=O) groups excluding carboxylic acids is 1. The van der Waals surface area contributed by atoms with Crippen molar-refractivity contribution >= 4 is 22.4 Å². The molecule has 4 heteroatoms. The second kappa shape index (κ2) is 7.91. The minimum absolute atomic E-state index is 0.0285. The second-order valence-corrected chi connectivity index (χ2v) is 6.14. The molecule has 0 fully saturated rings. The highest BCUT2D eigenvalue weighted by atomic mass is 16.5. The number of hydrogen-bond donors (Lipinski definition) is 0. The van der Waals surface area contributed by atoms with Crippen LogP contribution in [0.5, 0.6) is 11.5 Å². The normalized spacial score (nSPS) is 10.6. The first-order valence-electron chi connectivity index (χ1n) is 8.60. The van der Waals surface area contributed by atoms with Crippen LogP contribution in [0.1, 0.15) is 12.5 Å². The van der Waals surface area contributed by atoms with E-state index in [1.807, 2.05) is 41.3 Å². The summed E-state index contributed by atoms with van der Waals surface area (Å²) in [6.07, 6.45) is 0.729. The van der Waals surface area contributed by atoms with E-state index in [0.29, 0.717) is 18.0 Å². The lowest BCUT2D eigenvalue weighted by atomic mass is 10.1. The molecule has 26 heavy (non-hydrogen) atoms. The van der Waals surface area contributed by atoms with E-state index in [4.69, 9.17) is 9.47 Å². The van der Waals surface area contributed by atoms with Gasteiger partial charge in [-0.05, 0) is 47.0 Å². The van der Waals surface area contributed by atoms with Gasteiger partial charge in [-0.3, -0.25) is 4.79 Å². The highest BCUT2D eigenvalue weighted by Crippen LogP contribution is 2.28. The average molecular weight is 349 g/mol. The number of anilines is 1. The number of ether oxygens (including phenoxy) is 2. The predicted octanol–water partition coefficient (Wildman–Crippen LogP) is 4.45. The quantitative estimate of drug-likeness (QED) is 0.660. The van der Waals surface area contributed by atoms with Crippen LogP contribution >= 0.6 is 0 Å². The molecule has 0 saturated carbocycles. The van der Waals surface area contributed by atoms with Crippen LogP contribution in [0.15, 0.2) is 60.7 Å². The highest BCUT2D eigenvalue weighted by Gasteiger charge is 2.13. The van der Waals surface area contributed by atoms with Gasteiger partial charge >= 0.3 is 0 Å². The van der Waals surface area contributed by atoms with E-state index in [1.165, 1.54) is 5.39 Å². The Morgan fingerprint density at radius 1 is 0.885 bits per heavy atom. The Hall–Kier alpha value is -3.01. The van der Waals surface area contributed by atoms with E-state index in [0.717, 1.165) is 23.1 Å². The Labute approximate surface area is 154 Å². The van der Waals surface area contributed by atoms with Crippen molar-refractivity contribution in [3.8, 4) is 11.5 Å². The van der Waals surface area contributed by atoms with E-state index >= 15 is 0 Å². The molecule has 3 rings (SSSR count). The maximum Gasteiger partial charge on any atom is 0.223 e. The number of benzene rings is 3. The van der Waals surface area contributed by atoms with Crippen LogP contribution in [0, 0.1) is 0 Å². The molecular weight excluding hydrogens is 326 g/mol. The maximum absolute atomic E-state index is 12.2. The van der Waals surface area contributed by atoms with Gasteiger partial charge in [0, 0.05) is 19.2 Å². The standard InChI is InChI=1S/C22H23NO3/c1-16(24)23(20-10-9-18-6-4-5-7-19(18)15-20)13-12-17-8-11-21(25-2)22(14-17)26-3/h4-11,14-15H,12-13H2,1-3H3. The molecule has 0 aromatic heterocycles. The third-order valence-electron chi connectivity index (χ3n) is 4.50. The molecular formula is C22H23NO3. The van der Waals surface area contributed by atoms with Crippen molar-refractivity contribution in [3.63, 3.8) is 0 Å². The van der Waals surface area contributed by atoms with Gasteiger partial charge in [0.15, 0.2) is 11.5 Å². The summed E-state index contributed by atoms with van der Waals surface area (Å²) in [6, 6.07) is 20.1. The SMILES string of the molecule is COc1ccc(CCN(C(C)=O)c2ccc3ccccc3c2)cc1OC. The van der Waals surface area contributed by atoms with Gasteiger partial charge in [0.05, 0.1) is 14.2 Å². The summed E-state index contributed by atoms with van der Waals surface area (Å²) in [5.41, 5.74) is 2.01. The van der Waals surface area contributed by atoms with Gasteiger partial charge in [-0.25, -0.2) is 0 Å². The Balaban J connectivity index is 1.81. The van der Waals surface area contributed by atoms with E-state index < -0.39 is 0 Å². The fourth-order valence-corrected chi connectivity index (χ4v) is 3.09. The molecule has 0 saturated heterocycles. The number of fused-ring (bicyclic) bond motifs is 1.